The van der Waals surface area contributed by atoms with Crippen LogP contribution in [0.1, 0.15) is 5.56 Å². The van der Waals surface area contributed by atoms with Crippen LogP contribution in [0.3, 0.4) is 0 Å². The van der Waals surface area contributed by atoms with Crippen molar-refractivity contribution in [3.05, 3.63) is 57.6 Å². The molecule has 0 bridgehead atoms. The van der Waals surface area contributed by atoms with Crippen LogP contribution in [0.25, 0.3) is 0 Å². The minimum absolute atomic E-state index is 0.0910. The number of nitrogens with one attached hydrogen (secondary N) is 1. The van der Waals surface area contributed by atoms with Gasteiger partial charge in [-0.1, -0.05) is 35.4 Å². The van der Waals surface area contributed by atoms with Crippen molar-refractivity contribution in [3.8, 4) is 0 Å². The lowest BCUT2D eigenvalue weighted by molar-refractivity contribution is 0.510. The number of rotatable bonds is 3. The van der Waals surface area contributed by atoms with E-state index in [4.69, 9.17) is 28.9 Å². The van der Waals surface area contributed by atoms with Crippen LogP contribution >= 0.6 is 35.4 Å². The molecule has 0 heterocycles. The van der Waals surface area contributed by atoms with Crippen molar-refractivity contribution in [3.63, 3.8) is 0 Å². The molecule has 3 N–H and O–H groups in total. The maximum Gasteiger partial charge on any atom is 0.182 e. The van der Waals surface area contributed by atoms with Crippen LogP contribution < -0.4 is 11.1 Å². The van der Waals surface area contributed by atoms with Gasteiger partial charge < -0.3 is 11.1 Å². The van der Waals surface area contributed by atoms with Gasteiger partial charge in [0.15, 0.2) is 11.6 Å². The van der Waals surface area contributed by atoms with E-state index in [-0.39, 0.29) is 16.2 Å². The second-order valence-electron chi connectivity index (χ2n) is 3.90. The van der Waals surface area contributed by atoms with E-state index in [1.54, 1.807) is 12.1 Å². The molecule has 0 atom stereocenters. The van der Waals surface area contributed by atoms with Crippen molar-refractivity contribution in [1.29, 1.82) is 0 Å². The molecule has 104 valence electrons. The Kier molecular flexibility index (Phi) is 4.42. The first kappa shape index (κ1) is 15.0. The molecule has 0 amide bonds. The molecule has 2 nitrogen and oxygen atoms in total. The second kappa shape index (κ2) is 5.91. The molecule has 0 aliphatic carbocycles. The van der Waals surface area contributed by atoms with Gasteiger partial charge in [0.1, 0.15) is 4.99 Å². The quantitative estimate of drug-likeness (QED) is 0.803. The zero-order valence-corrected chi connectivity index (χ0v) is 12.2. The van der Waals surface area contributed by atoms with Gasteiger partial charge in [-0.25, -0.2) is 8.78 Å². The van der Waals surface area contributed by atoms with E-state index in [0.717, 1.165) is 0 Å². The Morgan fingerprint density at radius 2 is 1.75 bits per heavy atom. The zero-order valence-electron chi connectivity index (χ0n) is 9.88. The number of hydrogen-bond acceptors (Lipinski definition) is 2. The normalized spacial score (nSPS) is 10.4. The largest absolute Gasteiger partial charge is 0.389 e. The van der Waals surface area contributed by atoms with Crippen LogP contribution in [0.4, 0.5) is 20.2 Å². The molecule has 2 aromatic carbocycles. The molecule has 0 aromatic heterocycles. The van der Waals surface area contributed by atoms with Gasteiger partial charge in [0.05, 0.1) is 16.4 Å². The smallest absolute Gasteiger partial charge is 0.182 e. The van der Waals surface area contributed by atoms with Gasteiger partial charge in [0, 0.05) is 10.6 Å². The summed E-state index contributed by atoms with van der Waals surface area (Å²) < 4.78 is 27.7. The first-order chi connectivity index (χ1) is 9.40. The molecule has 0 unspecified atom stereocenters. The van der Waals surface area contributed by atoms with E-state index in [2.05, 4.69) is 17.5 Å². The van der Waals surface area contributed by atoms with Gasteiger partial charge in [-0.15, -0.1) is 0 Å². The Bertz CT molecular complexity index is 692. The predicted octanol–water partition coefficient (Wildman–Crippen LogP) is 4.65. The number of halogens is 4. The van der Waals surface area contributed by atoms with Crippen LogP contribution in [0.2, 0.25) is 10.0 Å². The molecule has 0 aliphatic rings. The highest BCUT2D eigenvalue weighted by Crippen LogP contribution is 2.30. The Hall–Kier alpha value is -1.43. The molecular formula is C13H8Cl2F2N2S. The van der Waals surface area contributed by atoms with Crippen molar-refractivity contribution in [2.75, 3.05) is 5.32 Å². The third kappa shape index (κ3) is 3.00. The highest BCUT2D eigenvalue weighted by molar-refractivity contribution is 7.80. The molecule has 0 saturated heterocycles. The van der Waals surface area contributed by atoms with Gasteiger partial charge in [-0.2, -0.15) is 0 Å². The monoisotopic (exact) mass is 332 g/mol. The standard InChI is InChI=1S/C13H8Cl2F2N2S/c14-6-1-3-8(15)10(5-6)19-9-4-2-7(13(18)20)11(16)12(9)17/h1-5,19H,(H2,18,20). The summed E-state index contributed by atoms with van der Waals surface area (Å²) in [5, 5.41) is 3.41. The van der Waals surface area contributed by atoms with Gasteiger partial charge in [-0.3, -0.25) is 0 Å². The molecular weight excluding hydrogens is 325 g/mol. The Morgan fingerprint density at radius 1 is 1.05 bits per heavy atom. The fourth-order valence-electron chi connectivity index (χ4n) is 1.57. The van der Waals surface area contributed by atoms with E-state index in [1.165, 1.54) is 18.2 Å². The van der Waals surface area contributed by atoms with E-state index >= 15 is 0 Å². The predicted molar refractivity (Wildman–Crippen MR) is 82.0 cm³/mol. The third-order valence-electron chi connectivity index (χ3n) is 2.55. The van der Waals surface area contributed by atoms with Crippen molar-refractivity contribution >= 4 is 51.8 Å². The lowest BCUT2D eigenvalue weighted by atomic mass is 10.1. The third-order valence-corrected chi connectivity index (χ3v) is 3.33. The molecule has 0 radical (unpaired) electrons. The van der Waals surface area contributed by atoms with Crippen molar-refractivity contribution in [2.45, 2.75) is 0 Å². The maximum absolute atomic E-state index is 13.9. The molecule has 7 heteroatoms. The number of thiocarbonyl (C=S) groups is 1. The molecule has 0 saturated carbocycles. The van der Waals surface area contributed by atoms with Crippen molar-refractivity contribution in [2.24, 2.45) is 5.73 Å². The minimum Gasteiger partial charge on any atom is -0.389 e. The average Bonchev–Trinajstić information content (AvgIpc) is 2.39. The van der Waals surface area contributed by atoms with Crippen molar-refractivity contribution in [1.82, 2.24) is 0 Å². The summed E-state index contributed by atoms with van der Waals surface area (Å²) in [5.41, 5.74) is 5.41. The first-order valence-electron chi connectivity index (χ1n) is 5.40. The summed E-state index contributed by atoms with van der Waals surface area (Å²) in [6.45, 7) is 0. The summed E-state index contributed by atoms with van der Waals surface area (Å²) >= 11 is 16.4. The number of anilines is 2. The van der Waals surface area contributed by atoms with Crippen molar-refractivity contribution < 1.29 is 8.78 Å². The highest BCUT2D eigenvalue weighted by Gasteiger charge is 2.15. The second-order valence-corrected chi connectivity index (χ2v) is 5.19. The highest BCUT2D eigenvalue weighted by atomic mass is 35.5. The molecule has 0 fully saturated rings. The zero-order chi connectivity index (χ0) is 14.9. The molecule has 0 spiro atoms. The Morgan fingerprint density at radius 3 is 2.40 bits per heavy atom. The van der Waals surface area contributed by atoms with E-state index in [0.29, 0.717) is 15.7 Å². The van der Waals surface area contributed by atoms with Crippen LogP contribution in [0.15, 0.2) is 30.3 Å². The van der Waals surface area contributed by atoms with Gasteiger partial charge in [-0.05, 0) is 30.3 Å². The fraction of sp³-hybridized carbons (Fsp3) is 0. The summed E-state index contributed by atoms with van der Waals surface area (Å²) in [6.07, 6.45) is 0. The fourth-order valence-corrected chi connectivity index (χ4v) is 2.07. The van der Waals surface area contributed by atoms with Crippen LogP contribution in [0.5, 0.6) is 0 Å². The minimum atomic E-state index is -1.11. The van der Waals surface area contributed by atoms with Crippen LogP contribution in [-0.2, 0) is 0 Å². The molecule has 2 rings (SSSR count). The molecule has 0 aliphatic heterocycles. The molecule has 20 heavy (non-hydrogen) atoms. The summed E-state index contributed by atoms with van der Waals surface area (Å²) in [7, 11) is 0. The molecule has 2 aromatic rings. The number of benzene rings is 2. The average molecular weight is 333 g/mol. The maximum atomic E-state index is 13.9. The lowest BCUT2D eigenvalue weighted by Gasteiger charge is -2.11. The van der Waals surface area contributed by atoms with E-state index in [9.17, 15) is 8.78 Å². The number of hydrogen-bond donors (Lipinski definition) is 2. The Labute approximate surface area is 129 Å². The van der Waals surface area contributed by atoms with E-state index in [1.807, 2.05) is 0 Å². The summed E-state index contributed by atoms with van der Waals surface area (Å²) in [6, 6.07) is 7.25. The Balaban J connectivity index is 2.42. The SMILES string of the molecule is NC(=S)c1ccc(Nc2cc(Cl)ccc2Cl)c(F)c1F. The summed E-state index contributed by atoms with van der Waals surface area (Å²) in [5.74, 6) is -2.20. The lowest BCUT2D eigenvalue weighted by Crippen LogP contribution is -2.13. The van der Waals surface area contributed by atoms with Crippen LogP contribution in [0, 0.1) is 11.6 Å². The van der Waals surface area contributed by atoms with Gasteiger partial charge >= 0.3 is 0 Å². The summed E-state index contributed by atoms with van der Waals surface area (Å²) in [4.78, 5) is -0.214. The number of nitrogens with two attached hydrogens (primary N) is 1. The topological polar surface area (TPSA) is 38.0 Å². The van der Waals surface area contributed by atoms with E-state index < -0.39 is 11.6 Å². The first-order valence-corrected chi connectivity index (χ1v) is 6.56. The van der Waals surface area contributed by atoms with Gasteiger partial charge in [0.25, 0.3) is 0 Å². The van der Waals surface area contributed by atoms with Gasteiger partial charge in [0.2, 0.25) is 0 Å². The van der Waals surface area contributed by atoms with Crippen LogP contribution in [-0.4, -0.2) is 4.99 Å².